The van der Waals surface area contributed by atoms with E-state index in [0.29, 0.717) is 11.5 Å². The normalized spacial score (nSPS) is 12.0. The number of aromatic nitrogens is 3. The lowest BCUT2D eigenvalue weighted by Crippen LogP contribution is -2.22. The van der Waals surface area contributed by atoms with Gasteiger partial charge in [-0.3, -0.25) is 4.98 Å². The molecular weight excluding hydrogens is 483 g/mol. The molecule has 182 valence electrons. The number of para-hydroxylation sites is 2. The van der Waals surface area contributed by atoms with Crippen LogP contribution in [0.1, 0.15) is 0 Å². The van der Waals surface area contributed by atoms with E-state index in [1.54, 1.807) is 49.8 Å². The zero-order valence-electron chi connectivity index (χ0n) is 19.3. The smallest absolute Gasteiger partial charge is 0.383 e. The summed E-state index contributed by atoms with van der Waals surface area (Å²) < 4.78 is 38.5. The quantitative estimate of drug-likeness (QED) is 0.306. The summed E-state index contributed by atoms with van der Waals surface area (Å²) in [6, 6.07) is 19.9. The van der Waals surface area contributed by atoms with Crippen LogP contribution < -0.4 is 9.25 Å². The number of hydroxylamine groups is 1. The summed E-state index contributed by atoms with van der Waals surface area (Å²) in [7, 11) is 3.43. The molecule has 0 saturated heterocycles. The lowest BCUT2D eigenvalue weighted by molar-refractivity contribution is 0.293. The third-order valence-electron chi connectivity index (χ3n) is 5.62. The van der Waals surface area contributed by atoms with Crippen molar-refractivity contribution in [2.75, 3.05) is 12.1 Å². The van der Waals surface area contributed by atoms with Crippen molar-refractivity contribution < 1.29 is 22.2 Å². The van der Waals surface area contributed by atoms with Crippen LogP contribution in [-0.2, 0) is 22.7 Å². The van der Waals surface area contributed by atoms with Gasteiger partial charge in [-0.15, -0.1) is 4.28 Å². The monoisotopic (exact) mass is 504 g/mol. The van der Waals surface area contributed by atoms with Crippen LogP contribution in [-0.4, -0.2) is 30.9 Å². The molecule has 2 aromatic carbocycles. The largest absolute Gasteiger partial charge is 0.504 e. The van der Waals surface area contributed by atoms with Crippen molar-refractivity contribution in [3.63, 3.8) is 0 Å². The first-order valence-corrected chi connectivity index (χ1v) is 11.9. The van der Waals surface area contributed by atoms with Crippen LogP contribution in [0.15, 0.2) is 85.2 Å². The number of phenolic OH excluding ortho intramolecular Hbond substituents is 1. The van der Waals surface area contributed by atoms with Crippen molar-refractivity contribution >= 4 is 28.2 Å². The second kappa shape index (κ2) is 9.76. The molecule has 36 heavy (non-hydrogen) atoms. The summed E-state index contributed by atoms with van der Waals surface area (Å²) in [6.07, 6.45) is 3.43. The predicted octanol–water partition coefficient (Wildman–Crippen LogP) is 5.17. The fraction of sp³-hybridized carbons (Fsp3) is 0.0769. The van der Waals surface area contributed by atoms with Gasteiger partial charge in [0.2, 0.25) is 0 Å². The molecule has 0 saturated carbocycles. The van der Waals surface area contributed by atoms with E-state index in [1.165, 1.54) is 29.3 Å². The third-order valence-corrected chi connectivity index (χ3v) is 6.29. The number of halogens is 1. The van der Waals surface area contributed by atoms with Crippen LogP contribution in [0.2, 0.25) is 0 Å². The molecule has 5 aromatic rings. The van der Waals surface area contributed by atoms with Gasteiger partial charge in [-0.1, -0.05) is 12.1 Å². The molecule has 0 bridgehead atoms. The number of anilines is 1. The third kappa shape index (κ3) is 4.51. The molecule has 0 aliphatic rings. The first kappa shape index (κ1) is 23.5. The Bertz CT molecular complexity index is 1560. The molecule has 0 spiro atoms. The van der Waals surface area contributed by atoms with Gasteiger partial charge in [0.1, 0.15) is 11.5 Å². The Balaban J connectivity index is 1.53. The second-order valence-corrected chi connectivity index (χ2v) is 8.62. The van der Waals surface area contributed by atoms with Crippen molar-refractivity contribution in [1.82, 2.24) is 14.5 Å². The highest BCUT2D eigenvalue weighted by Crippen LogP contribution is 2.40. The van der Waals surface area contributed by atoms with E-state index in [1.807, 2.05) is 29.8 Å². The van der Waals surface area contributed by atoms with E-state index >= 15 is 0 Å². The minimum atomic E-state index is -2.24. The highest BCUT2D eigenvalue weighted by Gasteiger charge is 2.21. The summed E-state index contributed by atoms with van der Waals surface area (Å²) in [5.41, 5.74) is 4.19. The van der Waals surface area contributed by atoms with Gasteiger partial charge in [0.05, 0.1) is 5.69 Å². The predicted molar refractivity (Wildman–Crippen MR) is 136 cm³/mol. The molecule has 1 N–H and O–H groups in total. The van der Waals surface area contributed by atoms with Gasteiger partial charge in [-0.25, -0.2) is 14.4 Å². The number of rotatable bonds is 7. The van der Waals surface area contributed by atoms with Gasteiger partial charge >= 0.3 is 11.4 Å². The van der Waals surface area contributed by atoms with Gasteiger partial charge in [-0.2, -0.15) is 4.21 Å². The fourth-order valence-electron chi connectivity index (χ4n) is 3.97. The number of aryl methyl sites for hydroxylation is 1. The maximum Gasteiger partial charge on any atom is 0.383 e. The minimum Gasteiger partial charge on any atom is -0.504 e. The molecule has 0 aliphatic carbocycles. The highest BCUT2D eigenvalue weighted by molar-refractivity contribution is 7.75. The van der Waals surface area contributed by atoms with Crippen LogP contribution >= 0.6 is 0 Å². The van der Waals surface area contributed by atoms with Gasteiger partial charge < -0.3 is 13.9 Å². The number of phenols is 1. The van der Waals surface area contributed by atoms with E-state index in [2.05, 4.69) is 4.98 Å². The minimum absolute atomic E-state index is 0.0287. The summed E-state index contributed by atoms with van der Waals surface area (Å²) in [6.45, 7) is 0. The van der Waals surface area contributed by atoms with Crippen LogP contribution in [0.4, 0.5) is 10.2 Å². The molecule has 5 rings (SSSR count). The average molecular weight is 505 g/mol. The Kier molecular flexibility index (Phi) is 6.36. The first-order valence-electron chi connectivity index (χ1n) is 10.9. The standard InChI is InChI=1S/C26H21FN4O4S/c1-30-25(18-7-9-19(27)10-8-18)24(17-13-15-28-16-14-17)20-11-12-23(29-26(20)30)31(2)35-36(33)34-22-6-4-3-5-21(22)32/h3-16,32H,1-2H3. The number of aromatic hydroxyl groups is 1. The molecule has 1 atom stereocenters. The second-order valence-electron chi connectivity index (χ2n) is 7.89. The topological polar surface area (TPSA) is 89.7 Å². The number of hydrogen-bond acceptors (Lipinski definition) is 7. The zero-order chi connectivity index (χ0) is 25.2. The molecular formula is C26H21FN4O4S. The average Bonchev–Trinajstić information content (AvgIpc) is 3.18. The van der Waals surface area contributed by atoms with Crippen molar-refractivity contribution in [3.8, 4) is 33.9 Å². The molecule has 3 aromatic heterocycles. The fourth-order valence-corrected chi connectivity index (χ4v) is 4.54. The van der Waals surface area contributed by atoms with E-state index in [0.717, 1.165) is 27.8 Å². The molecule has 0 aliphatic heterocycles. The Morgan fingerprint density at radius 3 is 2.42 bits per heavy atom. The maximum atomic E-state index is 13.6. The number of nitrogens with zero attached hydrogens (tertiary/aromatic N) is 4. The maximum absolute atomic E-state index is 13.6. The number of pyridine rings is 2. The molecule has 10 heteroatoms. The Morgan fingerprint density at radius 2 is 1.69 bits per heavy atom. The Morgan fingerprint density at radius 1 is 0.972 bits per heavy atom. The Hall–Kier alpha value is -4.28. The molecule has 3 heterocycles. The number of fused-ring (bicyclic) bond motifs is 1. The van der Waals surface area contributed by atoms with Gasteiger partial charge in [0.15, 0.2) is 17.3 Å². The van der Waals surface area contributed by atoms with Crippen molar-refractivity contribution in [2.24, 2.45) is 7.05 Å². The van der Waals surface area contributed by atoms with Crippen LogP contribution in [0.5, 0.6) is 11.5 Å². The van der Waals surface area contributed by atoms with Crippen molar-refractivity contribution in [2.45, 2.75) is 0 Å². The van der Waals surface area contributed by atoms with E-state index < -0.39 is 11.4 Å². The van der Waals surface area contributed by atoms with Crippen LogP contribution in [0.25, 0.3) is 33.4 Å². The first-order chi connectivity index (χ1) is 17.4. The lowest BCUT2D eigenvalue weighted by Gasteiger charge is -2.16. The summed E-state index contributed by atoms with van der Waals surface area (Å²) in [4.78, 5) is 8.86. The molecule has 0 amide bonds. The zero-order valence-corrected chi connectivity index (χ0v) is 20.1. The van der Waals surface area contributed by atoms with Crippen molar-refractivity contribution in [1.29, 1.82) is 0 Å². The van der Waals surface area contributed by atoms with Crippen molar-refractivity contribution in [3.05, 3.63) is 91.0 Å². The molecule has 0 radical (unpaired) electrons. The van der Waals surface area contributed by atoms with Gasteiger partial charge in [0, 0.05) is 37.4 Å². The summed E-state index contributed by atoms with van der Waals surface area (Å²) in [5, 5.41) is 11.9. The van der Waals surface area contributed by atoms with Gasteiger partial charge in [0.25, 0.3) is 0 Å². The van der Waals surface area contributed by atoms with Gasteiger partial charge in [-0.05, 0) is 71.8 Å². The summed E-state index contributed by atoms with van der Waals surface area (Å²) in [5.74, 6) is -0.0658. The van der Waals surface area contributed by atoms with Crippen LogP contribution in [0.3, 0.4) is 0 Å². The number of benzene rings is 2. The lowest BCUT2D eigenvalue weighted by atomic mass is 9.99. The summed E-state index contributed by atoms with van der Waals surface area (Å²) >= 11 is -2.24. The molecule has 8 nitrogen and oxygen atoms in total. The number of hydrogen-bond donors (Lipinski definition) is 1. The molecule has 1 unspecified atom stereocenters. The van der Waals surface area contributed by atoms with E-state index in [-0.39, 0.29) is 17.3 Å². The molecule has 0 fully saturated rings. The SMILES string of the molecule is CN(OS(=O)Oc1ccccc1O)c1ccc2c(-c3ccncc3)c(-c3ccc(F)cc3)n(C)c2n1. The Labute approximate surface area is 209 Å². The highest BCUT2D eigenvalue weighted by atomic mass is 32.2. The van der Waals surface area contributed by atoms with E-state index in [9.17, 15) is 13.7 Å². The van der Waals surface area contributed by atoms with E-state index in [4.69, 9.17) is 13.5 Å². The van der Waals surface area contributed by atoms with Crippen LogP contribution in [0, 0.1) is 5.82 Å².